The van der Waals surface area contributed by atoms with Crippen molar-refractivity contribution in [1.29, 1.82) is 0 Å². The summed E-state index contributed by atoms with van der Waals surface area (Å²) in [4.78, 5) is 33.6. The second kappa shape index (κ2) is 7.13. The molecule has 0 N–H and O–H groups in total. The van der Waals surface area contributed by atoms with Crippen molar-refractivity contribution in [3.05, 3.63) is 35.9 Å². The highest BCUT2D eigenvalue weighted by Gasteiger charge is 2.45. The molecule has 1 aliphatic rings. The largest absolute Gasteiger partial charge is 0.393 e. The molecule has 0 saturated heterocycles. The summed E-state index contributed by atoms with van der Waals surface area (Å²) in [7, 11) is 0. The maximum atomic E-state index is 11.6. The predicted octanol–water partition coefficient (Wildman–Crippen LogP) is 1.89. The monoisotopic (exact) mass is 290 g/mol. The van der Waals surface area contributed by atoms with Crippen molar-refractivity contribution < 1.29 is 23.9 Å². The fourth-order valence-electron chi connectivity index (χ4n) is 2.05. The lowest BCUT2D eigenvalue weighted by Gasteiger charge is -2.04. The van der Waals surface area contributed by atoms with Gasteiger partial charge in [0.15, 0.2) is 0 Å². The number of Topliss-reactive ketones (excluding diaryl/α,β-unsaturated/α-hetero) is 1. The van der Waals surface area contributed by atoms with E-state index in [2.05, 4.69) is 4.74 Å². The molecule has 0 aliphatic heterocycles. The number of hydrogen-bond acceptors (Lipinski definition) is 5. The SMILES string of the molecule is CC(=O)CC(=O)OC(=O)C1CC1COCc1ccccc1. The quantitative estimate of drug-likeness (QED) is 0.566. The fourth-order valence-corrected chi connectivity index (χ4v) is 2.05. The van der Waals surface area contributed by atoms with Gasteiger partial charge in [-0.2, -0.15) is 0 Å². The zero-order chi connectivity index (χ0) is 15.2. The van der Waals surface area contributed by atoms with Crippen LogP contribution in [0, 0.1) is 11.8 Å². The molecular weight excluding hydrogens is 272 g/mol. The molecule has 5 nitrogen and oxygen atoms in total. The van der Waals surface area contributed by atoms with Gasteiger partial charge in [0.2, 0.25) is 0 Å². The summed E-state index contributed by atoms with van der Waals surface area (Å²) in [6, 6.07) is 9.76. The van der Waals surface area contributed by atoms with E-state index in [-0.39, 0.29) is 24.0 Å². The van der Waals surface area contributed by atoms with Gasteiger partial charge in [-0.05, 0) is 24.8 Å². The van der Waals surface area contributed by atoms with E-state index in [0.29, 0.717) is 19.6 Å². The van der Waals surface area contributed by atoms with E-state index in [1.807, 2.05) is 30.3 Å². The Labute approximate surface area is 123 Å². The molecule has 1 aromatic carbocycles. The molecular formula is C16H18O5. The molecule has 21 heavy (non-hydrogen) atoms. The molecule has 0 bridgehead atoms. The van der Waals surface area contributed by atoms with Gasteiger partial charge in [-0.3, -0.25) is 14.4 Å². The van der Waals surface area contributed by atoms with Gasteiger partial charge in [-0.25, -0.2) is 0 Å². The molecule has 112 valence electrons. The molecule has 0 aromatic heterocycles. The number of ketones is 1. The zero-order valence-corrected chi connectivity index (χ0v) is 11.9. The first-order valence-electron chi connectivity index (χ1n) is 6.92. The number of carbonyl (C=O) groups excluding carboxylic acids is 3. The Hall–Kier alpha value is -2.01. The van der Waals surface area contributed by atoms with Gasteiger partial charge in [-0.15, -0.1) is 0 Å². The van der Waals surface area contributed by atoms with Crippen molar-refractivity contribution in [2.45, 2.75) is 26.4 Å². The van der Waals surface area contributed by atoms with Gasteiger partial charge in [-0.1, -0.05) is 30.3 Å². The summed E-state index contributed by atoms with van der Waals surface area (Å²) in [6.45, 7) is 2.25. The van der Waals surface area contributed by atoms with Crippen LogP contribution in [0.15, 0.2) is 30.3 Å². The van der Waals surface area contributed by atoms with Crippen molar-refractivity contribution in [2.75, 3.05) is 6.61 Å². The number of esters is 2. The Kier molecular flexibility index (Phi) is 5.22. The van der Waals surface area contributed by atoms with E-state index in [1.54, 1.807) is 0 Å². The lowest BCUT2D eigenvalue weighted by Crippen LogP contribution is -2.17. The van der Waals surface area contributed by atoms with Crippen LogP contribution < -0.4 is 0 Å². The minimum absolute atomic E-state index is 0.103. The maximum Gasteiger partial charge on any atom is 0.320 e. The smallest absolute Gasteiger partial charge is 0.320 e. The number of benzene rings is 1. The van der Waals surface area contributed by atoms with Gasteiger partial charge < -0.3 is 9.47 Å². The second-order valence-corrected chi connectivity index (χ2v) is 5.27. The first-order chi connectivity index (χ1) is 10.1. The van der Waals surface area contributed by atoms with E-state index in [1.165, 1.54) is 6.92 Å². The van der Waals surface area contributed by atoms with Crippen LogP contribution in [-0.2, 0) is 30.5 Å². The molecule has 5 heteroatoms. The molecule has 0 radical (unpaired) electrons. The number of ether oxygens (including phenoxy) is 2. The highest BCUT2D eigenvalue weighted by atomic mass is 16.6. The van der Waals surface area contributed by atoms with Gasteiger partial charge in [0.1, 0.15) is 12.2 Å². The summed E-state index contributed by atoms with van der Waals surface area (Å²) < 4.78 is 10.2. The third-order valence-corrected chi connectivity index (χ3v) is 3.28. The standard InChI is InChI=1S/C16H18O5/c1-11(17)7-15(18)21-16(19)14-8-13(14)10-20-9-12-5-3-2-4-6-12/h2-6,13-14H,7-10H2,1H3. The van der Waals surface area contributed by atoms with Crippen LogP contribution >= 0.6 is 0 Å². The molecule has 1 aliphatic carbocycles. The first kappa shape index (κ1) is 15.4. The predicted molar refractivity (Wildman–Crippen MR) is 74.1 cm³/mol. The summed E-state index contributed by atoms with van der Waals surface area (Å²) in [6.07, 6.45) is 0.314. The Morgan fingerprint density at radius 3 is 2.57 bits per heavy atom. The van der Waals surface area contributed by atoms with E-state index < -0.39 is 11.9 Å². The summed E-state index contributed by atoms with van der Waals surface area (Å²) in [5.41, 5.74) is 1.08. The summed E-state index contributed by atoms with van der Waals surface area (Å²) in [5, 5.41) is 0. The highest BCUT2D eigenvalue weighted by molar-refractivity contribution is 5.98. The number of hydrogen-bond donors (Lipinski definition) is 0. The Bertz CT molecular complexity index is 523. The van der Waals surface area contributed by atoms with Gasteiger partial charge in [0.05, 0.1) is 19.1 Å². The molecule has 2 atom stereocenters. The van der Waals surface area contributed by atoms with Crippen LogP contribution in [-0.4, -0.2) is 24.3 Å². The van der Waals surface area contributed by atoms with Gasteiger partial charge in [0.25, 0.3) is 0 Å². The van der Waals surface area contributed by atoms with Crippen molar-refractivity contribution in [3.8, 4) is 0 Å². The molecule has 1 fully saturated rings. The summed E-state index contributed by atoms with van der Waals surface area (Å²) >= 11 is 0. The lowest BCUT2D eigenvalue weighted by atomic mass is 10.2. The van der Waals surface area contributed by atoms with E-state index >= 15 is 0 Å². The Balaban J connectivity index is 1.64. The van der Waals surface area contributed by atoms with Crippen LogP contribution in [0.5, 0.6) is 0 Å². The Morgan fingerprint density at radius 1 is 1.19 bits per heavy atom. The van der Waals surface area contributed by atoms with Crippen LogP contribution in [0.3, 0.4) is 0 Å². The van der Waals surface area contributed by atoms with Gasteiger partial charge >= 0.3 is 11.9 Å². The molecule has 1 saturated carbocycles. The first-order valence-corrected chi connectivity index (χ1v) is 6.92. The highest BCUT2D eigenvalue weighted by Crippen LogP contribution is 2.39. The van der Waals surface area contributed by atoms with Crippen LogP contribution in [0.4, 0.5) is 0 Å². The van der Waals surface area contributed by atoms with Crippen molar-refractivity contribution >= 4 is 17.7 Å². The number of rotatable bonds is 7. The molecule has 2 unspecified atom stereocenters. The molecule has 1 aromatic rings. The van der Waals surface area contributed by atoms with Crippen LogP contribution in [0.1, 0.15) is 25.3 Å². The Morgan fingerprint density at radius 2 is 1.90 bits per heavy atom. The molecule has 0 spiro atoms. The summed E-state index contributed by atoms with van der Waals surface area (Å²) in [5.74, 6) is -1.81. The fraction of sp³-hybridized carbons (Fsp3) is 0.438. The third kappa shape index (κ3) is 5.11. The zero-order valence-electron chi connectivity index (χ0n) is 11.9. The van der Waals surface area contributed by atoms with E-state index in [0.717, 1.165) is 5.56 Å². The molecule has 0 amide bonds. The molecule has 2 rings (SSSR count). The van der Waals surface area contributed by atoms with Crippen LogP contribution in [0.2, 0.25) is 0 Å². The normalized spacial score (nSPS) is 19.9. The third-order valence-electron chi connectivity index (χ3n) is 3.28. The van der Waals surface area contributed by atoms with Crippen molar-refractivity contribution in [3.63, 3.8) is 0 Å². The molecule has 0 heterocycles. The van der Waals surface area contributed by atoms with Crippen molar-refractivity contribution in [2.24, 2.45) is 11.8 Å². The van der Waals surface area contributed by atoms with E-state index in [4.69, 9.17) is 4.74 Å². The maximum absolute atomic E-state index is 11.6. The minimum Gasteiger partial charge on any atom is -0.393 e. The lowest BCUT2D eigenvalue weighted by molar-refractivity contribution is -0.161. The van der Waals surface area contributed by atoms with E-state index in [9.17, 15) is 14.4 Å². The minimum atomic E-state index is -0.775. The second-order valence-electron chi connectivity index (χ2n) is 5.27. The number of carbonyl (C=O) groups is 3. The van der Waals surface area contributed by atoms with Gasteiger partial charge in [0, 0.05) is 0 Å². The average molecular weight is 290 g/mol. The average Bonchev–Trinajstić information content (AvgIpc) is 3.18. The van der Waals surface area contributed by atoms with Crippen molar-refractivity contribution in [1.82, 2.24) is 0 Å². The van der Waals surface area contributed by atoms with Crippen LogP contribution in [0.25, 0.3) is 0 Å². The topological polar surface area (TPSA) is 69.7 Å².